The minimum atomic E-state index is -3.81. The van der Waals surface area contributed by atoms with Crippen molar-refractivity contribution >= 4 is 27.3 Å². The van der Waals surface area contributed by atoms with E-state index in [0.717, 1.165) is 22.4 Å². The van der Waals surface area contributed by atoms with Gasteiger partial charge in [0.25, 0.3) is 10.0 Å². The van der Waals surface area contributed by atoms with Gasteiger partial charge < -0.3 is 0 Å². The van der Waals surface area contributed by atoms with Crippen LogP contribution in [0.15, 0.2) is 88.9 Å². The minimum absolute atomic E-state index is 0.209. The lowest BCUT2D eigenvalue weighted by atomic mass is 9.98. The second-order valence-electron chi connectivity index (χ2n) is 6.74. The number of hydrogen-bond donors (Lipinski definition) is 0. The molecule has 0 spiro atoms. The van der Waals surface area contributed by atoms with Gasteiger partial charge in [0.2, 0.25) is 0 Å². The topological polar surface area (TPSA) is 49.7 Å². The Morgan fingerprint density at radius 3 is 2.25 bits per heavy atom. The molecule has 0 fully saturated rings. The van der Waals surface area contributed by atoms with Crippen LogP contribution >= 0.6 is 11.6 Å². The average molecular weight is 411 g/mol. The standard InChI is InChI=1S/C22H19ClN2O2S/c1-16-11-13-17(14-12-16)21-15-22(19-9-5-6-10-20(19)23)25(24-21)28(26,27)18-7-3-2-4-8-18/h2-14,22H,15H2,1H3/t22-/m0/s1. The van der Waals surface area contributed by atoms with Gasteiger partial charge in [0, 0.05) is 11.4 Å². The zero-order chi connectivity index (χ0) is 19.7. The summed E-state index contributed by atoms with van der Waals surface area (Å²) in [4.78, 5) is 0.209. The predicted molar refractivity (Wildman–Crippen MR) is 112 cm³/mol. The highest BCUT2D eigenvalue weighted by Crippen LogP contribution is 2.39. The molecule has 0 saturated carbocycles. The first-order chi connectivity index (χ1) is 13.5. The lowest BCUT2D eigenvalue weighted by molar-refractivity contribution is 0.371. The molecule has 1 atom stereocenters. The highest BCUT2D eigenvalue weighted by Gasteiger charge is 2.38. The Bertz CT molecular complexity index is 1130. The summed E-state index contributed by atoms with van der Waals surface area (Å²) in [5, 5.41) is 5.07. The molecule has 3 aromatic carbocycles. The van der Waals surface area contributed by atoms with Crippen LogP contribution in [-0.2, 0) is 10.0 Å². The van der Waals surface area contributed by atoms with Gasteiger partial charge in [0.05, 0.1) is 16.6 Å². The molecule has 0 aromatic heterocycles. The SMILES string of the molecule is Cc1ccc(C2=NN(S(=O)(=O)c3ccccc3)[C@H](c3ccccc3Cl)C2)cc1. The summed E-state index contributed by atoms with van der Waals surface area (Å²) in [6, 6.07) is 23.1. The third-order valence-corrected chi connectivity index (χ3v) is 6.85. The number of sulfonamides is 1. The van der Waals surface area contributed by atoms with Crippen LogP contribution in [-0.4, -0.2) is 18.5 Å². The van der Waals surface area contributed by atoms with E-state index in [2.05, 4.69) is 5.10 Å². The fourth-order valence-corrected chi connectivity index (χ4v) is 5.02. The zero-order valence-electron chi connectivity index (χ0n) is 15.3. The van der Waals surface area contributed by atoms with Gasteiger partial charge in [0.1, 0.15) is 0 Å². The molecule has 0 N–H and O–H groups in total. The lowest BCUT2D eigenvalue weighted by Gasteiger charge is -2.24. The number of halogens is 1. The highest BCUT2D eigenvalue weighted by molar-refractivity contribution is 7.89. The first-order valence-electron chi connectivity index (χ1n) is 8.95. The van der Waals surface area contributed by atoms with Crippen molar-refractivity contribution in [2.45, 2.75) is 24.3 Å². The van der Waals surface area contributed by atoms with Crippen molar-refractivity contribution in [3.63, 3.8) is 0 Å². The molecule has 1 heterocycles. The molecule has 142 valence electrons. The van der Waals surface area contributed by atoms with Crippen molar-refractivity contribution in [1.29, 1.82) is 0 Å². The summed E-state index contributed by atoms with van der Waals surface area (Å²) in [7, 11) is -3.81. The van der Waals surface area contributed by atoms with E-state index in [1.54, 1.807) is 36.4 Å². The molecule has 28 heavy (non-hydrogen) atoms. The van der Waals surface area contributed by atoms with E-state index in [0.29, 0.717) is 11.4 Å². The molecule has 0 aliphatic carbocycles. The van der Waals surface area contributed by atoms with Gasteiger partial charge >= 0.3 is 0 Å². The Morgan fingerprint density at radius 2 is 1.57 bits per heavy atom. The fourth-order valence-electron chi connectivity index (χ4n) is 3.31. The Morgan fingerprint density at radius 1 is 0.929 bits per heavy atom. The first-order valence-corrected chi connectivity index (χ1v) is 10.8. The molecule has 0 radical (unpaired) electrons. The Hall–Kier alpha value is -2.63. The summed E-state index contributed by atoms with van der Waals surface area (Å²) in [5.74, 6) is 0. The van der Waals surface area contributed by atoms with Crippen LogP contribution < -0.4 is 0 Å². The van der Waals surface area contributed by atoms with Crippen LogP contribution in [0.2, 0.25) is 5.02 Å². The van der Waals surface area contributed by atoms with Gasteiger partial charge in [-0.15, -0.1) is 0 Å². The largest absolute Gasteiger partial charge is 0.279 e. The van der Waals surface area contributed by atoms with E-state index in [1.165, 1.54) is 4.41 Å². The molecule has 4 rings (SSSR count). The predicted octanol–water partition coefficient (Wildman–Crippen LogP) is 5.19. The number of hydrogen-bond acceptors (Lipinski definition) is 3. The van der Waals surface area contributed by atoms with Gasteiger partial charge in [-0.3, -0.25) is 0 Å². The zero-order valence-corrected chi connectivity index (χ0v) is 16.9. The van der Waals surface area contributed by atoms with Crippen molar-refractivity contribution in [2.75, 3.05) is 0 Å². The number of nitrogens with zero attached hydrogens (tertiary/aromatic N) is 2. The Balaban J connectivity index is 1.82. The molecule has 3 aromatic rings. The highest BCUT2D eigenvalue weighted by atomic mass is 35.5. The van der Waals surface area contributed by atoms with E-state index >= 15 is 0 Å². The maximum absolute atomic E-state index is 13.3. The summed E-state index contributed by atoms with van der Waals surface area (Å²) in [6.45, 7) is 2.01. The summed E-state index contributed by atoms with van der Waals surface area (Å²) in [5.41, 5.74) is 3.52. The molecule has 6 heteroatoms. The quantitative estimate of drug-likeness (QED) is 0.594. The van der Waals surface area contributed by atoms with Crippen LogP contribution in [0.5, 0.6) is 0 Å². The Labute approximate surface area is 170 Å². The molecule has 4 nitrogen and oxygen atoms in total. The van der Waals surface area contributed by atoms with E-state index in [1.807, 2.05) is 49.4 Å². The van der Waals surface area contributed by atoms with Gasteiger partial charge in [0.15, 0.2) is 0 Å². The van der Waals surface area contributed by atoms with E-state index in [9.17, 15) is 8.42 Å². The molecule has 0 amide bonds. The van der Waals surface area contributed by atoms with Crippen LogP contribution in [0.1, 0.15) is 29.2 Å². The van der Waals surface area contributed by atoms with Gasteiger partial charge in [-0.2, -0.15) is 17.9 Å². The normalized spacial score (nSPS) is 16.9. The van der Waals surface area contributed by atoms with E-state index in [-0.39, 0.29) is 4.90 Å². The molecular weight excluding hydrogens is 392 g/mol. The fraction of sp³-hybridized carbons (Fsp3) is 0.136. The third kappa shape index (κ3) is 3.43. The second kappa shape index (κ2) is 7.41. The maximum atomic E-state index is 13.3. The molecule has 0 unspecified atom stereocenters. The molecule has 1 aliphatic heterocycles. The van der Waals surface area contributed by atoms with Crippen molar-refractivity contribution in [2.24, 2.45) is 5.10 Å². The van der Waals surface area contributed by atoms with Crippen molar-refractivity contribution in [3.05, 3.63) is 101 Å². The summed E-state index contributed by atoms with van der Waals surface area (Å²) >= 11 is 6.41. The number of hydrazone groups is 1. The number of aryl methyl sites for hydroxylation is 1. The second-order valence-corrected chi connectivity index (χ2v) is 8.95. The van der Waals surface area contributed by atoms with Crippen molar-refractivity contribution < 1.29 is 8.42 Å². The maximum Gasteiger partial charge on any atom is 0.279 e. The van der Waals surface area contributed by atoms with Gasteiger partial charge in [-0.05, 0) is 36.2 Å². The van der Waals surface area contributed by atoms with Crippen molar-refractivity contribution in [3.8, 4) is 0 Å². The number of rotatable bonds is 4. The van der Waals surface area contributed by atoms with E-state index < -0.39 is 16.1 Å². The average Bonchev–Trinajstić information content (AvgIpc) is 3.15. The first kappa shape index (κ1) is 18.7. The molecule has 1 aliphatic rings. The third-order valence-electron chi connectivity index (χ3n) is 4.81. The lowest BCUT2D eigenvalue weighted by Crippen LogP contribution is -2.27. The summed E-state index contributed by atoms with van der Waals surface area (Å²) < 4.78 is 27.9. The molecular formula is C22H19ClN2O2S. The smallest absolute Gasteiger partial charge is 0.200 e. The van der Waals surface area contributed by atoms with Crippen LogP contribution in [0, 0.1) is 6.92 Å². The molecule has 0 bridgehead atoms. The monoisotopic (exact) mass is 410 g/mol. The van der Waals surface area contributed by atoms with Gasteiger partial charge in [-0.1, -0.05) is 77.8 Å². The van der Waals surface area contributed by atoms with Crippen LogP contribution in [0.3, 0.4) is 0 Å². The van der Waals surface area contributed by atoms with Gasteiger partial charge in [-0.25, -0.2) is 0 Å². The van der Waals surface area contributed by atoms with Crippen LogP contribution in [0.4, 0.5) is 0 Å². The van der Waals surface area contributed by atoms with Crippen molar-refractivity contribution in [1.82, 2.24) is 4.41 Å². The Kier molecular flexibility index (Phi) is 4.96. The van der Waals surface area contributed by atoms with E-state index in [4.69, 9.17) is 11.6 Å². The summed E-state index contributed by atoms with van der Waals surface area (Å²) in [6.07, 6.45) is 0.457. The minimum Gasteiger partial charge on any atom is -0.200 e. The number of benzene rings is 3. The van der Waals surface area contributed by atoms with Crippen LogP contribution in [0.25, 0.3) is 0 Å². The molecule has 0 saturated heterocycles.